The average molecular weight is 457 g/mol. The summed E-state index contributed by atoms with van der Waals surface area (Å²) in [5, 5.41) is 8.60. The molecule has 6 heteroatoms. The van der Waals surface area contributed by atoms with Gasteiger partial charge in [0.25, 0.3) is 0 Å². The van der Waals surface area contributed by atoms with E-state index in [9.17, 15) is 0 Å². The zero-order valence-electron chi connectivity index (χ0n) is 21.0. The maximum atomic E-state index is 6.81. The Morgan fingerprint density at radius 3 is 2.56 bits per heavy atom. The lowest BCUT2D eigenvalue weighted by Crippen LogP contribution is -2.31. The Kier molecular flexibility index (Phi) is 6.87. The molecule has 0 amide bonds. The van der Waals surface area contributed by atoms with Crippen LogP contribution in [-0.4, -0.2) is 33.4 Å². The Hall–Kier alpha value is -3.41. The van der Waals surface area contributed by atoms with Gasteiger partial charge in [0.15, 0.2) is 5.65 Å². The molecule has 1 aliphatic carbocycles. The maximum Gasteiger partial charge on any atom is 0.163 e. The number of allylic oxidation sites excluding steroid dienone is 2. The van der Waals surface area contributed by atoms with Crippen molar-refractivity contribution in [3.05, 3.63) is 83.0 Å². The zero-order chi connectivity index (χ0) is 24.4. The first-order chi connectivity index (χ1) is 16.3. The van der Waals surface area contributed by atoms with Gasteiger partial charge in [-0.1, -0.05) is 49.8 Å². The van der Waals surface area contributed by atoms with Crippen LogP contribution in [0.15, 0.2) is 65.4 Å². The maximum absolute atomic E-state index is 6.81. The van der Waals surface area contributed by atoms with Crippen LogP contribution < -0.4 is 10.6 Å². The fourth-order valence-electron chi connectivity index (χ4n) is 4.44. The summed E-state index contributed by atoms with van der Waals surface area (Å²) in [6.07, 6.45) is 8.03. The Morgan fingerprint density at radius 1 is 1.24 bits per heavy atom. The van der Waals surface area contributed by atoms with Gasteiger partial charge in [-0.05, 0) is 63.3 Å². The summed E-state index contributed by atoms with van der Waals surface area (Å²) in [6.45, 7) is 12.5. The smallest absolute Gasteiger partial charge is 0.163 e. The molecule has 0 radical (unpaired) electrons. The minimum absolute atomic E-state index is 0.115. The predicted molar refractivity (Wildman–Crippen MR) is 142 cm³/mol. The third kappa shape index (κ3) is 4.76. The molecule has 3 aromatic rings. The summed E-state index contributed by atoms with van der Waals surface area (Å²) in [5.74, 6) is 0.864. The van der Waals surface area contributed by atoms with Crippen LogP contribution in [-0.2, 0) is 0 Å². The van der Waals surface area contributed by atoms with E-state index >= 15 is 0 Å². The molecule has 0 bridgehead atoms. The highest BCUT2D eigenvalue weighted by molar-refractivity contribution is 6.10. The lowest BCUT2D eigenvalue weighted by molar-refractivity contribution is 0.758. The molecule has 6 nitrogen and oxygen atoms in total. The van der Waals surface area contributed by atoms with Crippen molar-refractivity contribution in [1.29, 1.82) is 0 Å². The van der Waals surface area contributed by atoms with Crippen molar-refractivity contribution in [2.24, 2.45) is 10.7 Å². The molecule has 1 aliphatic rings. The minimum atomic E-state index is -0.115. The lowest BCUT2D eigenvalue weighted by atomic mass is 9.90. The fraction of sp³-hybridized carbons (Fsp3) is 0.393. The number of fused-ring (bicyclic) bond motifs is 1. The van der Waals surface area contributed by atoms with Crippen molar-refractivity contribution in [2.45, 2.75) is 65.5 Å². The predicted octanol–water partition coefficient (Wildman–Crippen LogP) is 5.63. The Balaban J connectivity index is 1.92. The third-order valence-electron chi connectivity index (χ3n) is 6.51. The molecule has 1 aromatic carbocycles. The van der Waals surface area contributed by atoms with Gasteiger partial charge in [-0.2, -0.15) is 0 Å². The van der Waals surface area contributed by atoms with E-state index in [-0.39, 0.29) is 6.04 Å². The minimum Gasteiger partial charge on any atom is -0.402 e. The van der Waals surface area contributed by atoms with E-state index in [1.54, 1.807) is 0 Å². The van der Waals surface area contributed by atoms with Gasteiger partial charge >= 0.3 is 0 Å². The number of aryl methyl sites for hydroxylation is 3. The van der Waals surface area contributed by atoms with Crippen molar-refractivity contribution in [3.63, 3.8) is 0 Å². The fourth-order valence-corrected chi connectivity index (χ4v) is 4.44. The molecule has 1 unspecified atom stereocenters. The van der Waals surface area contributed by atoms with Gasteiger partial charge in [0.2, 0.25) is 0 Å². The largest absolute Gasteiger partial charge is 0.402 e. The highest BCUT2D eigenvalue weighted by atomic mass is 15.3. The van der Waals surface area contributed by atoms with Gasteiger partial charge in [-0.25, -0.2) is 0 Å². The van der Waals surface area contributed by atoms with Crippen LogP contribution in [0.5, 0.6) is 0 Å². The van der Waals surface area contributed by atoms with Crippen molar-refractivity contribution in [1.82, 2.24) is 14.6 Å². The van der Waals surface area contributed by atoms with Gasteiger partial charge in [-0.3, -0.25) is 9.39 Å². The number of rotatable bonds is 9. The van der Waals surface area contributed by atoms with E-state index in [0.29, 0.717) is 6.04 Å². The number of aromatic nitrogens is 3. The van der Waals surface area contributed by atoms with Crippen LogP contribution in [0.1, 0.15) is 61.2 Å². The molecule has 2 heterocycles. The van der Waals surface area contributed by atoms with Crippen molar-refractivity contribution in [2.75, 3.05) is 11.9 Å². The normalized spacial score (nSPS) is 15.9. The quantitative estimate of drug-likeness (QED) is 0.423. The highest BCUT2D eigenvalue weighted by Gasteiger charge is 2.29. The van der Waals surface area contributed by atoms with Gasteiger partial charge in [0.05, 0.1) is 23.5 Å². The number of hydrogen-bond acceptors (Lipinski definition) is 5. The average Bonchev–Trinajstić information content (AvgIpc) is 3.57. The van der Waals surface area contributed by atoms with E-state index in [1.165, 1.54) is 11.1 Å². The Bertz CT molecular complexity index is 1240. The lowest BCUT2D eigenvalue weighted by Gasteiger charge is -2.34. The first-order valence-corrected chi connectivity index (χ1v) is 12.1. The standard InChI is InChI=1S/C28H36N6/c1-7-9-24(29)26(25(8-2)30-22-14-15-22)27(21-12-10-18(3)11-13-21)33(6)23-16-19(4)28-32-31-20(5)34(28)17-23/h8,10-13,16-17,22,27H,2,7,9,14-15,29H2,1,3-6H3. The molecule has 0 spiro atoms. The number of hydrogen-bond donors (Lipinski definition) is 1. The van der Waals surface area contributed by atoms with Gasteiger partial charge < -0.3 is 10.6 Å². The first-order valence-electron chi connectivity index (χ1n) is 12.1. The number of likely N-dealkylation sites (N-methyl/N-ethyl adjacent to an activating group) is 1. The van der Waals surface area contributed by atoms with Crippen LogP contribution in [0.2, 0.25) is 0 Å². The Morgan fingerprint density at radius 2 is 1.94 bits per heavy atom. The molecule has 0 saturated heterocycles. The molecule has 178 valence electrons. The molecule has 2 N–H and O–H groups in total. The molecule has 1 atom stereocenters. The zero-order valence-corrected chi connectivity index (χ0v) is 21.0. The topological polar surface area (TPSA) is 71.8 Å². The molecule has 1 saturated carbocycles. The van der Waals surface area contributed by atoms with Gasteiger partial charge in [-0.15, -0.1) is 10.2 Å². The summed E-state index contributed by atoms with van der Waals surface area (Å²) in [6, 6.07) is 11.1. The molecule has 0 aliphatic heterocycles. The number of nitrogens with two attached hydrogens (primary N) is 1. The van der Waals surface area contributed by atoms with E-state index in [4.69, 9.17) is 10.7 Å². The van der Waals surface area contributed by atoms with Crippen LogP contribution >= 0.6 is 0 Å². The number of nitrogens with zero attached hydrogens (tertiary/aromatic N) is 5. The molecule has 4 rings (SSSR count). The van der Waals surface area contributed by atoms with E-state index in [2.05, 4.69) is 90.4 Å². The van der Waals surface area contributed by atoms with E-state index in [0.717, 1.165) is 65.4 Å². The molecular formula is C28H36N6. The van der Waals surface area contributed by atoms with Crippen LogP contribution in [0, 0.1) is 20.8 Å². The SMILES string of the molecule is C=CC(=NC1CC1)C(=C(N)CCC)C(c1ccc(C)cc1)N(C)c1cc(C)c2nnc(C)n2c1. The molecule has 1 fully saturated rings. The Labute approximate surface area is 202 Å². The highest BCUT2D eigenvalue weighted by Crippen LogP contribution is 2.36. The van der Waals surface area contributed by atoms with Gasteiger partial charge in [0, 0.05) is 24.5 Å². The van der Waals surface area contributed by atoms with E-state index in [1.807, 2.05) is 13.0 Å². The second-order valence-electron chi connectivity index (χ2n) is 9.38. The molecule has 2 aromatic heterocycles. The number of benzene rings is 1. The molecular weight excluding hydrogens is 420 g/mol. The van der Waals surface area contributed by atoms with Crippen LogP contribution in [0.4, 0.5) is 5.69 Å². The monoisotopic (exact) mass is 456 g/mol. The van der Waals surface area contributed by atoms with Gasteiger partial charge in [0.1, 0.15) is 5.82 Å². The van der Waals surface area contributed by atoms with E-state index < -0.39 is 0 Å². The third-order valence-corrected chi connectivity index (χ3v) is 6.51. The van der Waals surface area contributed by atoms with Crippen molar-refractivity contribution in [3.8, 4) is 0 Å². The van der Waals surface area contributed by atoms with Crippen LogP contribution in [0.25, 0.3) is 5.65 Å². The summed E-state index contributed by atoms with van der Waals surface area (Å²) >= 11 is 0. The summed E-state index contributed by atoms with van der Waals surface area (Å²) in [7, 11) is 2.13. The summed E-state index contributed by atoms with van der Waals surface area (Å²) in [4.78, 5) is 7.32. The second-order valence-corrected chi connectivity index (χ2v) is 9.38. The first kappa shape index (κ1) is 23.7. The second kappa shape index (κ2) is 9.84. The van der Waals surface area contributed by atoms with Crippen molar-refractivity contribution < 1.29 is 0 Å². The number of pyridine rings is 1. The van der Waals surface area contributed by atoms with Crippen molar-refractivity contribution >= 4 is 17.0 Å². The number of aliphatic imine (C=N–C) groups is 1. The summed E-state index contributed by atoms with van der Waals surface area (Å²) in [5.41, 5.74) is 15.1. The molecule has 34 heavy (non-hydrogen) atoms. The number of anilines is 1. The van der Waals surface area contributed by atoms with Crippen LogP contribution in [0.3, 0.4) is 0 Å². The summed E-state index contributed by atoms with van der Waals surface area (Å²) < 4.78 is 2.05.